The molecule has 12 heavy (non-hydrogen) atoms. The first-order valence-electron chi connectivity index (χ1n) is 4.68. The number of rotatable bonds is 1. The van der Waals surface area contributed by atoms with Gasteiger partial charge in [-0.05, 0) is 6.92 Å². The highest BCUT2D eigenvalue weighted by Gasteiger charge is 1.51. The van der Waals surface area contributed by atoms with Crippen LogP contribution in [0.15, 0.2) is 0 Å². The van der Waals surface area contributed by atoms with Crippen molar-refractivity contribution in [2.75, 3.05) is 20.8 Å². The third-order valence-corrected chi connectivity index (χ3v) is 0.289. The van der Waals surface area contributed by atoms with E-state index in [1.165, 1.54) is 12.8 Å². The van der Waals surface area contributed by atoms with E-state index >= 15 is 0 Å². The van der Waals surface area contributed by atoms with E-state index in [1.54, 1.807) is 7.11 Å². The molecule has 0 unspecified atom stereocenters. The van der Waals surface area contributed by atoms with Crippen LogP contribution in [0.5, 0.6) is 0 Å². The average Bonchev–Trinajstić information content (AvgIpc) is 2.10. The fraction of sp³-hybridized carbons (Fsp3) is 1.00. The van der Waals surface area contributed by atoms with Crippen LogP contribution in [0.25, 0.3) is 0 Å². The maximum absolute atomic E-state index is 7.00. The van der Waals surface area contributed by atoms with E-state index in [0.29, 0.717) is 0 Å². The summed E-state index contributed by atoms with van der Waals surface area (Å²) < 4.78 is 4.54. The predicted octanol–water partition coefficient (Wildman–Crippen LogP) is 3.09. The predicted molar refractivity (Wildman–Crippen MR) is 57.6 cm³/mol. The lowest BCUT2D eigenvalue weighted by atomic mass is 10.6. The molecule has 2 heteroatoms. The number of hydrogen-bond acceptors (Lipinski definition) is 2. The molecule has 0 spiro atoms. The largest absolute Gasteiger partial charge is 0.400 e. The Labute approximate surface area is 78.9 Å². The van der Waals surface area contributed by atoms with E-state index in [-0.39, 0.29) is 0 Å². The lowest BCUT2D eigenvalue weighted by molar-refractivity contribution is 0.215. The standard InChI is InChI=1S/C3H8O.2C3H8.CH4O/c1-3-4-2;2*1-3-2;1-2/h3H2,1-2H3;2*3H2,1-2H3;2H,1H3. The summed E-state index contributed by atoms with van der Waals surface area (Å²) in [6.07, 6.45) is 2.50. The van der Waals surface area contributed by atoms with Gasteiger partial charge >= 0.3 is 0 Å². The molecule has 0 aromatic heterocycles. The molecule has 0 aromatic rings. The monoisotopic (exact) mass is 180 g/mol. The number of ether oxygens (including phenoxy) is 1. The van der Waals surface area contributed by atoms with E-state index in [2.05, 4.69) is 32.4 Å². The topological polar surface area (TPSA) is 29.5 Å². The zero-order valence-electron chi connectivity index (χ0n) is 9.98. The minimum Gasteiger partial charge on any atom is -0.400 e. The molecule has 0 saturated carbocycles. The van der Waals surface area contributed by atoms with Crippen molar-refractivity contribution >= 4 is 0 Å². The summed E-state index contributed by atoms with van der Waals surface area (Å²) in [6.45, 7) is 11.3. The van der Waals surface area contributed by atoms with Crippen LogP contribution in [0.3, 0.4) is 0 Å². The van der Waals surface area contributed by atoms with Gasteiger partial charge < -0.3 is 9.84 Å². The van der Waals surface area contributed by atoms with Crippen LogP contribution in [-0.2, 0) is 4.74 Å². The highest BCUT2D eigenvalue weighted by atomic mass is 16.5. The van der Waals surface area contributed by atoms with Crippen LogP contribution in [0.1, 0.15) is 47.5 Å². The second-order valence-electron chi connectivity index (χ2n) is 1.99. The van der Waals surface area contributed by atoms with Crippen molar-refractivity contribution in [3.05, 3.63) is 0 Å². The Balaban J connectivity index is -0.0000000368. The van der Waals surface area contributed by atoms with E-state index in [0.717, 1.165) is 13.7 Å². The molecule has 2 nitrogen and oxygen atoms in total. The molecule has 0 bridgehead atoms. The number of methoxy groups -OCH3 is 1. The second kappa shape index (κ2) is 69.9. The van der Waals surface area contributed by atoms with Gasteiger partial charge in [-0.3, -0.25) is 0 Å². The quantitative estimate of drug-likeness (QED) is 0.672. The molecule has 0 aromatic carbocycles. The zero-order chi connectivity index (χ0) is 10.8. The summed E-state index contributed by atoms with van der Waals surface area (Å²) in [5.41, 5.74) is 0. The van der Waals surface area contributed by atoms with Crippen LogP contribution >= 0.6 is 0 Å². The van der Waals surface area contributed by atoms with Crippen molar-refractivity contribution in [2.45, 2.75) is 47.5 Å². The van der Waals surface area contributed by atoms with Crippen molar-refractivity contribution < 1.29 is 9.84 Å². The Morgan fingerprint density at radius 3 is 0.917 bits per heavy atom. The Bertz CT molecular complexity index is 19.8. The first-order chi connectivity index (χ1) is 5.74. The Kier molecular flexibility index (Phi) is 132. The fourth-order valence-corrected chi connectivity index (χ4v) is 0. The van der Waals surface area contributed by atoms with Crippen molar-refractivity contribution in [3.63, 3.8) is 0 Å². The Hall–Kier alpha value is -0.0800. The van der Waals surface area contributed by atoms with Gasteiger partial charge in [-0.1, -0.05) is 40.5 Å². The molecular formula is C10H28O2. The summed E-state index contributed by atoms with van der Waals surface area (Å²) in [5.74, 6) is 0. The molecule has 0 rings (SSSR count). The van der Waals surface area contributed by atoms with Crippen LogP contribution in [-0.4, -0.2) is 25.9 Å². The summed E-state index contributed by atoms with van der Waals surface area (Å²) in [5, 5.41) is 7.00. The second-order valence-corrected chi connectivity index (χ2v) is 1.99. The van der Waals surface area contributed by atoms with Gasteiger partial charge in [0.1, 0.15) is 0 Å². The fourth-order valence-electron chi connectivity index (χ4n) is 0. The molecule has 0 saturated heterocycles. The van der Waals surface area contributed by atoms with Gasteiger partial charge in [0.2, 0.25) is 0 Å². The van der Waals surface area contributed by atoms with Gasteiger partial charge in [0.15, 0.2) is 0 Å². The van der Waals surface area contributed by atoms with Crippen molar-refractivity contribution in [1.82, 2.24) is 0 Å². The van der Waals surface area contributed by atoms with Gasteiger partial charge in [-0.15, -0.1) is 0 Å². The number of hydrogen-bond donors (Lipinski definition) is 1. The van der Waals surface area contributed by atoms with Crippen LogP contribution in [0.4, 0.5) is 0 Å². The first-order valence-corrected chi connectivity index (χ1v) is 4.68. The third kappa shape index (κ3) is 933. The van der Waals surface area contributed by atoms with E-state index < -0.39 is 0 Å². The summed E-state index contributed by atoms with van der Waals surface area (Å²) >= 11 is 0. The third-order valence-electron chi connectivity index (χ3n) is 0.289. The Morgan fingerprint density at radius 1 is 0.833 bits per heavy atom. The van der Waals surface area contributed by atoms with Crippen molar-refractivity contribution in [1.29, 1.82) is 0 Å². The molecule has 0 atom stereocenters. The van der Waals surface area contributed by atoms with Crippen molar-refractivity contribution in [2.24, 2.45) is 0 Å². The lowest BCUT2D eigenvalue weighted by Crippen LogP contribution is -1.73. The molecule has 0 aliphatic rings. The normalized spacial score (nSPS) is 6.00. The zero-order valence-corrected chi connectivity index (χ0v) is 9.98. The summed E-state index contributed by atoms with van der Waals surface area (Å²) in [6, 6.07) is 0. The number of aliphatic hydroxyl groups is 1. The molecule has 80 valence electrons. The van der Waals surface area contributed by atoms with Crippen LogP contribution in [0, 0.1) is 0 Å². The average molecular weight is 180 g/mol. The van der Waals surface area contributed by atoms with Crippen LogP contribution in [0.2, 0.25) is 0 Å². The summed E-state index contributed by atoms with van der Waals surface area (Å²) in [7, 11) is 2.68. The minimum absolute atomic E-state index is 0.819. The smallest absolute Gasteiger partial charge is 0.0433 e. The van der Waals surface area contributed by atoms with Gasteiger partial charge in [0.05, 0.1) is 0 Å². The van der Waals surface area contributed by atoms with E-state index in [1.807, 2.05) is 6.92 Å². The van der Waals surface area contributed by atoms with Gasteiger partial charge in [-0.25, -0.2) is 0 Å². The lowest BCUT2D eigenvalue weighted by Gasteiger charge is -1.76. The van der Waals surface area contributed by atoms with Crippen LogP contribution < -0.4 is 0 Å². The molecule has 1 N–H and O–H groups in total. The first kappa shape index (κ1) is 22.7. The highest BCUT2D eigenvalue weighted by molar-refractivity contribution is 3.95. The van der Waals surface area contributed by atoms with E-state index in [4.69, 9.17) is 5.11 Å². The summed E-state index contributed by atoms with van der Waals surface area (Å²) in [4.78, 5) is 0. The van der Waals surface area contributed by atoms with Crippen molar-refractivity contribution in [3.8, 4) is 0 Å². The number of aliphatic hydroxyl groups excluding tert-OH is 1. The molecule has 0 amide bonds. The molecule has 0 aliphatic carbocycles. The van der Waals surface area contributed by atoms with E-state index in [9.17, 15) is 0 Å². The minimum atomic E-state index is 0.819. The maximum Gasteiger partial charge on any atom is 0.0433 e. The molecule has 0 heterocycles. The maximum atomic E-state index is 7.00. The molecule has 0 aliphatic heterocycles. The Morgan fingerprint density at radius 2 is 0.917 bits per heavy atom. The molecule has 0 radical (unpaired) electrons. The SMILES string of the molecule is CCC.CCC.CCOC.CO. The van der Waals surface area contributed by atoms with Gasteiger partial charge in [0.25, 0.3) is 0 Å². The van der Waals surface area contributed by atoms with Gasteiger partial charge in [0, 0.05) is 20.8 Å². The highest BCUT2D eigenvalue weighted by Crippen LogP contribution is 1.56. The molecular weight excluding hydrogens is 152 g/mol. The van der Waals surface area contributed by atoms with Gasteiger partial charge in [-0.2, -0.15) is 0 Å². The molecule has 0 fully saturated rings.